The topological polar surface area (TPSA) is 75.2 Å². The smallest absolute Gasteiger partial charge is 0.274 e. The summed E-state index contributed by atoms with van der Waals surface area (Å²) in [6, 6.07) is 6.69. The van der Waals surface area contributed by atoms with Gasteiger partial charge in [0, 0.05) is 70.4 Å². The Hall–Kier alpha value is -2.54. The number of rotatable bonds is 3. The molecule has 1 N–H and O–H groups in total. The summed E-state index contributed by atoms with van der Waals surface area (Å²) < 4.78 is 48.6. The number of benzene rings is 1. The Bertz CT molecular complexity index is 1360. The van der Waals surface area contributed by atoms with Crippen LogP contribution in [0.1, 0.15) is 23.4 Å². The average molecular weight is 401 g/mol. The molecule has 1 aliphatic carbocycles. The van der Waals surface area contributed by atoms with Gasteiger partial charge in [0.25, 0.3) is 5.56 Å². The number of aromatic nitrogens is 2. The molecule has 5 rings (SSSR count). The lowest BCUT2D eigenvalue weighted by Gasteiger charge is -2.57. The highest BCUT2D eigenvalue weighted by molar-refractivity contribution is 7.90. The second-order valence-corrected chi connectivity index (χ2v) is 10.2. The number of hydrogen-bond acceptors (Lipinski definition) is 4. The molecule has 1 saturated heterocycles. The van der Waals surface area contributed by atoms with Gasteiger partial charge in [0.1, 0.15) is 5.52 Å². The molecule has 0 bridgehead atoms. The third-order valence-electron chi connectivity index (χ3n) is 6.22. The molecule has 1 aliphatic heterocycles. The number of aryl methyl sites for hydroxylation is 1. The molecule has 1 saturated carbocycles. The van der Waals surface area contributed by atoms with Crippen molar-refractivity contribution in [2.45, 2.75) is 24.2 Å². The maximum Gasteiger partial charge on any atom is 0.274 e. The molecular formula is C21H23N3O3S. The highest BCUT2D eigenvalue weighted by Crippen LogP contribution is 2.51. The maximum absolute atomic E-state index is 12.7. The van der Waals surface area contributed by atoms with Crippen LogP contribution in [0.2, 0.25) is 0 Å². The Labute approximate surface area is 167 Å². The van der Waals surface area contributed by atoms with E-state index in [1.807, 2.05) is 0 Å². The Morgan fingerprint density at radius 2 is 1.96 bits per heavy atom. The molecule has 146 valence electrons. The van der Waals surface area contributed by atoms with E-state index in [2.05, 4.69) is 9.88 Å². The number of pyridine rings is 1. The van der Waals surface area contributed by atoms with Gasteiger partial charge >= 0.3 is 0 Å². The number of nitrogens with one attached hydrogen (secondary N) is 1. The number of aromatic amines is 1. The van der Waals surface area contributed by atoms with E-state index >= 15 is 0 Å². The Morgan fingerprint density at radius 3 is 2.61 bits per heavy atom. The van der Waals surface area contributed by atoms with Gasteiger partial charge in [-0.05, 0) is 37.1 Å². The van der Waals surface area contributed by atoms with Crippen molar-refractivity contribution in [2.24, 2.45) is 12.4 Å². The number of anilines is 1. The van der Waals surface area contributed by atoms with Crippen molar-refractivity contribution in [3.05, 3.63) is 47.0 Å². The zero-order chi connectivity index (χ0) is 22.2. The first-order valence-corrected chi connectivity index (χ1v) is 11.2. The number of sulfone groups is 1. The van der Waals surface area contributed by atoms with Gasteiger partial charge in [0.15, 0.2) is 9.84 Å². The molecule has 7 heteroatoms. The van der Waals surface area contributed by atoms with Crippen LogP contribution in [-0.2, 0) is 16.8 Å². The second kappa shape index (κ2) is 5.73. The van der Waals surface area contributed by atoms with Crippen LogP contribution >= 0.6 is 0 Å². The van der Waals surface area contributed by atoms with E-state index in [1.54, 1.807) is 30.5 Å². The number of hydrogen-bond donors (Lipinski definition) is 1. The summed E-state index contributed by atoms with van der Waals surface area (Å²) in [6.45, 7) is -0.868. The lowest BCUT2D eigenvalue weighted by molar-refractivity contribution is 0.0905. The molecule has 2 fully saturated rings. The van der Waals surface area contributed by atoms with Crippen LogP contribution in [0.4, 0.5) is 5.69 Å². The summed E-state index contributed by atoms with van der Waals surface area (Å²) in [7, 11) is -3.47. The molecule has 0 unspecified atom stereocenters. The molecule has 2 aliphatic rings. The van der Waals surface area contributed by atoms with Gasteiger partial charge in [-0.15, -0.1) is 0 Å². The highest BCUT2D eigenvalue weighted by Gasteiger charge is 2.47. The summed E-state index contributed by atoms with van der Waals surface area (Å²) >= 11 is 0. The lowest BCUT2D eigenvalue weighted by Crippen LogP contribution is -2.60. The minimum absolute atomic E-state index is 0.153. The fourth-order valence-electron chi connectivity index (χ4n) is 4.53. The van der Waals surface area contributed by atoms with Crippen molar-refractivity contribution in [1.82, 2.24) is 9.55 Å². The molecule has 0 atom stereocenters. The van der Waals surface area contributed by atoms with Crippen molar-refractivity contribution < 1.29 is 12.5 Å². The van der Waals surface area contributed by atoms with Crippen LogP contribution in [0.3, 0.4) is 0 Å². The van der Waals surface area contributed by atoms with Crippen molar-refractivity contribution in [1.29, 1.82) is 0 Å². The minimum atomic E-state index is -3.47. The minimum Gasteiger partial charge on any atom is -0.370 e. The Morgan fingerprint density at radius 1 is 1.18 bits per heavy atom. The molecule has 0 radical (unpaired) electrons. The predicted octanol–water partition coefficient (Wildman–Crippen LogP) is 2.93. The van der Waals surface area contributed by atoms with E-state index < -0.39 is 22.4 Å². The Balaban J connectivity index is 1.75. The SMILES string of the molecule is [2H]C([2H])([2H])n1cc(-c2cc(S(C)(=O)=O)ccc2N2CC3(CCC3)C2)c2cc[nH]c2c1=O. The summed E-state index contributed by atoms with van der Waals surface area (Å²) in [5.74, 6) is 0. The van der Waals surface area contributed by atoms with Crippen LogP contribution in [0, 0.1) is 5.41 Å². The van der Waals surface area contributed by atoms with Gasteiger partial charge in [0.05, 0.1) is 4.90 Å². The number of H-pyrrole nitrogens is 1. The van der Waals surface area contributed by atoms with E-state index in [9.17, 15) is 13.2 Å². The van der Waals surface area contributed by atoms with Crippen molar-refractivity contribution in [3.63, 3.8) is 0 Å². The molecule has 6 nitrogen and oxygen atoms in total. The molecule has 3 heterocycles. The largest absolute Gasteiger partial charge is 0.370 e. The van der Waals surface area contributed by atoms with Crippen LogP contribution in [0.5, 0.6) is 0 Å². The Kier molecular flexibility index (Phi) is 2.96. The standard InChI is InChI=1S/C21H23N3O3S/c1-23-11-17(15-6-9-22-19(15)20(23)25)16-10-14(28(2,26)27)4-5-18(16)24-12-21(13-24)7-3-8-21/h4-6,9-11,22H,3,7-8,12-13H2,1-2H3/i1D3. The molecule has 1 aromatic carbocycles. The van der Waals surface area contributed by atoms with Crippen molar-refractivity contribution in [3.8, 4) is 11.1 Å². The molecule has 1 spiro atoms. The van der Waals surface area contributed by atoms with Gasteiger partial charge in [-0.25, -0.2) is 8.42 Å². The lowest BCUT2D eigenvalue weighted by atomic mass is 9.63. The number of fused-ring (bicyclic) bond motifs is 1. The molecule has 28 heavy (non-hydrogen) atoms. The van der Waals surface area contributed by atoms with Gasteiger partial charge in [-0.2, -0.15) is 0 Å². The first-order valence-electron chi connectivity index (χ1n) is 10.8. The van der Waals surface area contributed by atoms with E-state index in [0.29, 0.717) is 21.9 Å². The van der Waals surface area contributed by atoms with Crippen LogP contribution in [0.15, 0.2) is 46.3 Å². The van der Waals surface area contributed by atoms with Crippen molar-refractivity contribution in [2.75, 3.05) is 24.2 Å². The molecular weight excluding hydrogens is 374 g/mol. The van der Waals surface area contributed by atoms with Crippen LogP contribution in [0.25, 0.3) is 22.0 Å². The summed E-state index contributed by atoms with van der Waals surface area (Å²) in [6.07, 6.45) is 7.70. The van der Waals surface area contributed by atoms with Crippen molar-refractivity contribution >= 4 is 26.4 Å². The number of nitrogens with zero attached hydrogens (tertiary/aromatic N) is 2. The summed E-state index contributed by atoms with van der Waals surface area (Å²) in [5, 5.41) is 0.566. The quantitative estimate of drug-likeness (QED) is 0.734. The second-order valence-electron chi connectivity index (χ2n) is 8.15. The van der Waals surface area contributed by atoms with Gasteiger partial charge in [-0.3, -0.25) is 4.79 Å². The van der Waals surface area contributed by atoms with Crippen LogP contribution in [-0.4, -0.2) is 37.3 Å². The van der Waals surface area contributed by atoms with E-state index in [0.717, 1.165) is 29.6 Å². The predicted molar refractivity (Wildman–Crippen MR) is 111 cm³/mol. The fraction of sp³-hybridized carbons (Fsp3) is 0.381. The fourth-order valence-corrected chi connectivity index (χ4v) is 5.17. The molecule has 3 aromatic rings. The average Bonchev–Trinajstić information content (AvgIpc) is 3.08. The summed E-state index contributed by atoms with van der Waals surface area (Å²) in [4.78, 5) is 17.9. The van der Waals surface area contributed by atoms with E-state index in [1.165, 1.54) is 25.5 Å². The molecule has 2 aromatic heterocycles. The van der Waals surface area contributed by atoms with E-state index in [-0.39, 0.29) is 10.4 Å². The summed E-state index contributed by atoms with van der Waals surface area (Å²) in [5.41, 5.74) is 1.88. The van der Waals surface area contributed by atoms with Gasteiger partial charge in [-0.1, -0.05) is 6.42 Å². The van der Waals surface area contributed by atoms with Gasteiger partial charge < -0.3 is 14.5 Å². The normalized spacial score (nSPS) is 20.3. The highest BCUT2D eigenvalue weighted by atomic mass is 32.2. The first kappa shape index (κ1) is 14.5. The third kappa shape index (κ3) is 2.53. The van der Waals surface area contributed by atoms with E-state index in [4.69, 9.17) is 4.11 Å². The zero-order valence-corrected chi connectivity index (χ0v) is 16.3. The molecule has 0 amide bonds. The first-order chi connectivity index (χ1) is 14.5. The van der Waals surface area contributed by atoms with Crippen LogP contribution < -0.4 is 10.5 Å². The maximum atomic E-state index is 12.7. The zero-order valence-electron chi connectivity index (χ0n) is 18.5. The third-order valence-corrected chi connectivity index (χ3v) is 7.33. The van der Waals surface area contributed by atoms with Gasteiger partial charge in [0.2, 0.25) is 0 Å². The monoisotopic (exact) mass is 400 g/mol.